The predicted octanol–water partition coefficient (Wildman–Crippen LogP) is 5.84. The van der Waals surface area contributed by atoms with Gasteiger partial charge in [-0.2, -0.15) is 16.8 Å². The molecule has 3 aromatic rings. The maximum absolute atomic E-state index is 12.6. The van der Waals surface area contributed by atoms with Gasteiger partial charge in [-0.25, -0.2) is 0 Å². The molecule has 0 heterocycles. The Balaban J connectivity index is 1.92. The highest BCUT2D eigenvalue weighted by Crippen LogP contribution is 2.29. The lowest BCUT2D eigenvalue weighted by molar-refractivity contribution is 0.484. The van der Waals surface area contributed by atoms with Crippen LogP contribution >= 0.6 is 46.4 Å². The molecule has 0 amide bonds. The molecule has 0 spiro atoms. The van der Waals surface area contributed by atoms with Gasteiger partial charge < -0.3 is 8.37 Å². The van der Waals surface area contributed by atoms with Crippen molar-refractivity contribution in [3.8, 4) is 11.5 Å². The van der Waals surface area contributed by atoms with Crippen molar-refractivity contribution >= 4 is 66.6 Å². The zero-order chi connectivity index (χ0) is 22.1. The largest absolute Gasteiger partial charge is 0.379 e. The molecule has 0 saturated carbocycles. The topological polar surface area (TPSA) is 86.7 Å². The zero-order valence-corrected chi connectivity index (χ0v) is 19.2. The third-order valence-electron chi connectivity index (χ3n) is 3.47. The second-order valence-corrected chi connectivity index (χ2v) is 10.6. The van der Waals surface area contributed by atoms with Gasteiger partial charge in [-0.15, -0.1) is 0 Å². The third-order valence-corrected chi connectivity index (χ3v) is 6.83. The number of hydrogen-bond donors (Lipinski definition) is 0. The van der Waals surface area contributed by atoms with E-state index in [0.29, 0.717) is 0 Å². The van der Waals surface area contributed by atoms with E-state index < -0.39 is 30.0 Å². The van der Waals surface area contributed by atoms with Crippen LogP contribution in [0.4, 0.5) is 0 Å². The molecule has 0 unspecified atom stereocenters. The van der Waals surface area contributed by atoms with Crippen LogP contribution in [0.15, 0.2) is 70.5 Å². The first-order valence-corrected chi connectivity index (χ1v) is 12.2. The van der Waals surface area contributed by atoms with E-state index in [4.69, 9.17) is 54.8 Å². The molecule has 6 nitrogen and oxygen atoms in total. The van der Waals surface area contributed by atoms with Gasteiger partial charge in [0.1, 0.15) is 21.3 Å². The molecular weight excluding hydrogens is 518 g/mol. The van der Waals surface area contributed by atoms with E-state index in [1.807, 2.05) is 0 Å². The zero-order valence-electron chi connectivity index (χ0n) is 14.6. The standard InChI is InChI=1S/C18H10Cl4O6S2/c19-11-4-12(20)7-15(6-11)27-29(23,24)17-2-1-3-18(10-17)30(25,26)28-16-8-13(21)5-14(22)9-16/h1-10H. The van der Waals surface area contributed by atoms with E-state index >= 15 is 0 Å². The molecule has 158 valence electrons. The Kier molecular flexibility index (Phi) is 6.76. The first-order chi connectivity index (χ1) is 13.9. The highest BCUT2D eigenvalue weighted by Gasteiger charge is 2.23. The Morgan fingerprint density at radius 3 is 1.20 bits per heavy atom. The maximum Gasteiger partial charge on any atom is 0.339 e. The van der Waals surface area contributed by atoms with E-state index in [1.54, 1.807) is 0 Å². The van der Waals surface area contributed by atoms with Crippen LogP contribution in [-0.4, -0.2) is 16.8 Å². The second kappa shape index (κ2) is 8.82. The normalized spacial score (nSPS) is 11.9. The summed E-state index contributed by atoms with van der Waals surface area (Å²) in [7, 11) is -8.79. The quantitative estimate of drug-likeness (QED) is 0.374. The summed E-state index contributed by atoms with van der Waals surface area (Å²) in [6.07, 6.45) is 0. The molecule has 0 aromatic heterocycles. The van der Waals surface area contributed by atoms with E-state index in [0.717, 1.165) is 18.2 Å². The Morgan fingerprint density at radius 1 is 0.533 bits per heavy atom. The van der Waals surface area contributed by atoms with Crippen molar-refractivity contribution in [3.05, 3.63) is 80.8 Å². The maximum atomic E-state index is 12.6. The molecule has 0 aliphatic rings. The summed E-state index contributed by atoms with van der Waals surface area (Å²) in [5.74, 6) is -0.267. The minimum absolute atomic E-state index is 0.134. The minimum Gasteiger partial charge on any atom is -0.379 e. The van der Waals surface area contributed by atoms with Gasteiger partial charge in [-0.1, -0.05) is 52.5 Å². The molecule has 3 rings (SSSR count). The molecule has 0 fully saturated rings. The van der Waals surface area contributed by atoms with Crippen molar-refractivity contribution in [1.82, 2.24) is 0 Å². The fourth-order valence-corrected chi connectivity index (χ4v) is 5.30. The first-order valence-electron chi connectivity index (χ1n) is 7.86. The molecule has 0 aliphatic heterocycles. The first kappa shape index (κ1) is 23.0. The van der Waals surface area contributed by atoms with Crippen molar-refractivity contribution in [3.63, 3.8) is 0 Å². The van der Waals surface area contributed by atoms with Gasteiger partial charge in [-0.3, -0.25) is 0 Å². The molecule has 0 radical (unpaired) electrons. The van der Waals surface area contributed by atoms with Crippen LogP contribution in [0.3, 0.4) is 0 Å². The molecule has 30 heavy (non-hydrogen) atoms. The molecular formula is C18H10Cl4O6S2. The molecule has 0 atom stereocenters. The second-order valence-electron chi connectivity index (χ2n) is 5.76. The van der Waals surface area contributed by atoms with Gasteiger partial charge in [0.2, 0.25) is 0 Å². The lowest BCUT2D eigenvalue weighted by atomic mass is 10.3. The summed E-state index contributed by atoms with van der Waals surface area (Å²) >= 11 is 23.3. The van der Waals surface area contributed by atoms with Crippen LogP contribution in [0, 0.1) is 0 Å². The highest BCUT2D eigenvalue weighted by molar-refractivity contribution is 7.88. The van der Waals surface area contributed by atoms with Gasteiger partial charge in [0, 0.05) is 44.4 Å². The summed E-state index contributed by atoms with van der Waals surface area (Å²) in [4.78, 5) is -0.847. The van der Waals surface area contributed by atoms with Gasteiger partial charge in [0.15, 0.2) is 0 Å². The summed E-state index contributed by atoms with van der Waals surface area (Å²) < 4.78 is 60.3. The Morgan fingerprint density at radius 2 is 0.867 bits per heavy atom. The van der Waals surface area contributed by atoms with Crippen molar-refractivity contribution in [2.24, 2.45) is 0 Å². The summed E-state index contributed by atoms with van der Waals surface area (Å²) in [6, 6.07) is 12.2. The molecule has 0 N–H and O–H groups in total. The van der Waals surface area contributed by atoms with Crippen molar-refractivity contribution in [1.29, 1.82) is 0 Å². The smallest absolute Gasteiger partial charge is 0.339 e. The van der Waals surface area contributed by atoms with Crippen LogP contribution in [0.25, 0.3) is 0 Å². The van der Waals surface area contributed by atoms with E-state index in [9.17, 15) is 16.8 Å². The predicted molar refractivity (Wildman–Crippen MR) is 115 cm³/mol. The van der Waals surface area contributed by atoms with Crippen LogP contribution in [0.1, 0.15) is 0 Å². The number of halogens is 4. The number of hydrogen-bond acceptors (Lipinski definition) is 6. The molecule has 3 aromatic carbocycles. The number of benzene rings is 3. The monoisotopic (exact) mass is 526 g/mol. The minimum atomic E-state index is -4.40. The molecule has 0 saturated heterocycles. The van der Waals surface area contributed by atoms with E-state index in [-0.39, 0.29) is 31.6 Å². The fraction of sp³-hybridized carbons (Fsp3) is 0. The van der Waals surface area contributed by atoms with E-state index in [2.05, 4.69) is 0 Å². The molecule has 0 bridgehead atoms. The average molecular weight is 528 g/mol. The summed E-state index contributed by atoms with van der Waals surface area (Å²) in [5.41, 5.74) is 0. The highest BCUT2D eigenvalue weighted by atomic mass is 35.5. The summed E-state index contributed by atoms with van der Waals surface area (Å²) in [6.45, 7) is 0. The van der Waals surface area contributed by atoms with E-state index in [1.165, 1.54) is 42.5 Å². The average Bonchev–Trinajstić information content (AvgIpc) is 2.59. The molecule has 0 aliphatic carbocycles. The van der Waals surface area contributed by atoms with Gasteiger partial charge in [-0.05, 0) is 30.3 Å². The van der Waals surface area contributed by atoms with Crippen LogP contribution < -0.4 is 8.37 Å². The Labute approximate surface area is 193 Å². The Hall–Kier alpha value is -1.68. The Bertz CT molecular complexity index is 1190. The molecule has 12 heteroatoms. The lowest BCUT2D eigenvalue weighted by Crippen LogP contribution is -2.13. The van der Waals surface area contributed by atoms with Crippen molar-refractivity contribution in [2.75, 3.05) is 0 Å². The van der Waals surface area contributed by atoms with Gasteiger partial charge in [0.05, 0.1) is 0 Å². The summed E-state index contributed by atoms with van der Waals surface area (Å²) in [5, 5.41) is 0.658. The van der Waals surface area contributed by atoms with Crippen molar-refractivity contribution < 1.29 is 25.2 Å². The van der Waals surface area contributed by atoms with Crippen LogP contribution in [0.5, 0.6) is 11.5 Å². The third kappa shape index (κ3) is 5.72. The fourth-order valence-electron chi connectivity index (χ4n) is 2.29. The lowest BCUT2D eigenvalue weighted by Gasteiger charge is -2.11. The van der Waals surface area contributed by atoms with Crippen LogP contribution in [0.2, 0.25) is 20.1 Å². The number of rotatable bonds is 6. The van der Waals surface area contributed by atoms with Crippen molar-refractivity contribution in [2.45, 2.75) is 9.79 Å². The van der Waals surface area contributed by atoms with Gasteiger partial charge in [0.25, 0.3) is 0 Å². The SMILES string of the molecule is O=S(=O)(Oc1cc(Cl)cc(Cl)c1)c1cccc(S(=O)(=O)Oc2cc(Cl)cc(Cl)c2)c1. The van der Waals surface area contributed by atoms with Crippen LogP contribution in [-0.2, 0) is 20.2 Å². The van der Waals surface area contributed by atoms with Gasteiger partial charge >= 0.3 is 20.2 Å².